The molecule has 0 aliphatic rings. The first-order valence-corrected chi connectivity index (χ1v) is 6.81. The fourth-order valence-corrected chi connectivity index (χ4v) is 2.54. The van der Waals surface area contributed by atoms with E-state index in [0.717, 1.165) is 12.1 Å². The van der Waals surface area contributed by atoms with Gasteiger partial charge in [-0.1, -0.05) is 0 Å². The van der Waals surface area contributed by atoms with Crippen molar-refractivity contribution in [3.63, 3.8) is 0 Å². The maximum absolute atomic E-state index is 12.7. The van der Waals surface area contributed by atoms with Crippen molar-refractivity contribution in [2.45, 2.75) is 18.4 Å². The van der Waals surface area contributed by atoms with Crippen LogP contribution >= 0.6 is 0 Å². The minimum Gasteiger partial charge on any atom is -0.264 e. The molecular formula is C11H12FN3O2S. The number of hydrogen-bond donors (Lipinski definition) is 1. The van der Waals surface area contributed by atoms with E-state index in [4.69, 9.17) is 0 Å². The second-order valence-corrected chi connectivity index (χ2v) is 5.27. The SMILES string of the molecule is CCn1nccc1NS(=O)(=O)c1ccc(F)cc1. The number of aromatic nitrogens is 2. The zero-order valence-electron chi connectivity index (χ0n) is 9.67. The summed E-state index contributed by atoms with van der Waals surface area (Å²) in [5.41, 5.74) is 0. The summed E-state index contributed by atoms with van der Waals surface area (Å²) < 4.78 is 40.7. The topological polar surface area (TPSA) is 64.0 Å². The van der Waals surface area contributed by atoms with Gasteiger partial charge in [0.2, 0.25) is 0 Å². The molecule has 0 bridgehead atoms. The highest BCUT2D eigenvalue weighted by atomic mass is 32.2. The van der Waals surface area contributed by atoms with Gasteiger partial charge >= 0.3 is 0 Å². The Kier molecular flexibility index (Phi) is 3.33. The van der Waals surface area contributed by atoms with E-state index in [2.05, 4.69) is 9.82 Å². The first-order chi connectivity index (χ1) is 8.53. The van der Waals surface area contributed by atoms with E-state index in [1.807, 2.05) is 6.92 Å². The van der Waals surface area contributed by atoms with Gasteiger partial charge in [0.25, 0.3) is 10.0 Å². The molecular weight excluding hydrogens is 257 g/mol. The second kappa shape index (κ2) is 4.77. The van der Waals surface area contributed by atoms with Crippen molar-refractivity contribution in [2.24, 2.45) is 0 Å². The summed E-state index contributed by atoms with van der Waals surface area (Å²) in [7, 11) is -3.71. The van der Waals surface area contributed by atoms with Gasteiger partial charge in [0.05, 0.1) is 11.1 Å². The summed E-state index contributed by atoms with van der Waals surface area (Å²) in [5.74, 6) is -0.102. The number of nitrogens with zero attached hydrogens (tertiary/aromatic N) is 2. The van der Waals surface area contributed by atoms with Crippen LogP contribution in [0.25, 0.3) is 0 Å². The van der Waals surface area contributed by atoms with Crippen LogP contribution in [0, 0.1) is 5.82 Å². The van der Waals surface area contributed by atoms with E-state index >= 15 is 0 Å². The highest BCUT2D eigenvalue weighted by Gasteiger charge is 2.15. The minimum absolute atomic E-state index is 0.00718. The van der Waals surface area contributed by atoms with Crippen LogP contribution in [0.4, 0.5) is 10.2 Å². The lowest BCUT2D eigenvalue weighted by atomic mass is 10.4. The lowest BCUT2D eigenvalue weighted by Gasteiger charge is -2.09. The predicted octanol–water partition coefficient (Wildman–Crippen LogP) is 1.84. The smallest absolute Gasteiger partial charge is 0.263 e. The number of rotatable bonds is 4. The molecule has 96 valence electrons. The fourth-order valence-electron chi connectivity index (χ4n) is 1.48. The zero-order chi connectivity index (χ0) is 13.2. The third-order valence-electron chi connectivity index (χ3n) is 2.38. The van der Waals surface area contributed by atoms with Crippen molar-refractivity contribution in [3.8, 4) is 0 Å². The van der Waals surface area contributed by atoms with Crippen molar-refractivity contribution < 1.29 is 12.8 Å². The van der Waals surface area contributed by atoms with Crippen LogP contribution in [0.3, 0.4) is 0 Å². The quantitative estimate of drug-likeness (QED) is 0.921. The number of halogens is 1. The van der Waals surface area contributed by atoms with Crippen LogP contribution in [-0.4, -0.2) is 18.2 Å². The van der Waals surface area contributed by atoms with Crippen molar-refractivity contribution in [2.75, 3.05) is 4.72 Å². The van der Waals surface area contributed by atoms with E-state index < -0.39 is 15.8 Å². The van der Waals surface area contributed by atoms with Gasteiger partial charge in [-0.2, -0.15) is 5.10 Å². The van der Waals surface area contributed by atoms with Gasteiger partial charge in [0.1, 0.15) is 11.6 Å². The third kappa shape index (κ3) is 2.51. The van der Waals surface area contributed by atoms with Gasteiger partial charge in [0, 0.05) is 12.6 Å². The number of nitrogens with one attached hydrogen (secondary N) is 1. The molecule has 7 heteroatoms. The number of sulfonamides is 1. The van der Waals surface area contributed by atoms with Crippen LogP contribution in [0.15, 0.2) is 41.4 Å². The molecule has 1 heterocycles. The molecule has 0 amide bonds. The Hall–Kier alpha value is -1.89. The van der Waals surface area contributed by atoms with Gasteiger partial charge < -0.3 is 0 Å². The third-order valence-corrected chi connectivity index (χ3v) is 3.75. The van der Waals surface area contributed by atoms with E-state index in [9.17, 15) is 12.8 Å². The largest absolute Gasteiger partial charge is 0.264 e. The molecule has 0 saturated heterocycles. The van der Waals surface area contributed by atoms with Gasteiger partial charge in [-0.15, -0.1) is 0 Å². The van der Waals surface area contributed by atoms with Crippen molar-refractivity contribution in [1.29, 1.82) is 0 Å². The second-order valence-electron chi connectivity index (χ2n) is 3.59. The van der Waals surface area contributed by atoms with Crippen molar-refractivity contribution in [1.82, 2.24) is 9.78 Å². The normalized spacial score (nSPS) is 11.4. The Bertz CT molecular complexity index is 635. The number of aryl methyl sites for hydroxylation is 1. The molecule has 0 spiro atoms. The molecule has 1 N–H and O–H groups in total. The van der Waals surface area contributed by atoms with Crippen LogP contribution in [0.1, 0.15) is 6.92 Å². The number of anilines is 1. The molecule has 0 fully saturated rings. The monoisotopic (exact) mass is 269 g/mol. The highest BCUT2D eigenvalue weighted by Crippen LogP contribution is 2.15. The molecule has 0 radical (unpaired) electrons. The molecule has 2 rings (SSSR count). The molecule has 0 aliphatic carbocycles. The molecule has 0 aliphatic heterocycles. The predicted molar refractivity (Wildman–Crippen MR) is 65.1 cm³/mol. The van der Waals surface area contributed by atoms with Crippen LogP contribution in [0.5, 0.6) is 0 Å². The van der Waals surface area contributed by atoms with Gasteiger partial charge in [-0.25, -0.2) is 17.5 Å². The average Bonchev–Trinajstić information content (AvgIpc) is 2.76. The summed E-state index contributed by atoms with van der Waals surface area (Å²) in [6.45, 7) is 2.40. The van der Waals surface area contributed by atoms with Crippen LogP contribution in [-0.2, 0) is 16.6 Å². The number of hydrogen-bond acceptors (Lipinski definition) is 3. The summed E-state index contributed by atoms with van der Waals surface area (Å²) in [6, 6.07) is 6.19. The first kappa shape index (κ1) is 12.6. The molecule has 5 nitrogen and oxygen atoms in total. The Morgan fingerprint density at radius 3 is 2.56 bits per heavy atom. The minimum atomic E-state index is -3.71. The summed E-state index contributed by atoms with van der Waals surface area (Å²) >= 11 is 0. The first-order valence-electron chi connectivity index (χ1n) is 5.33. The average molecular weight is 269 g/mol. The standard InChI is InChI=1S/C11H12FN3O2S/c1-2-15-11(7-8-13-15)14-18(16,17)10-5-3-9(12)4-6-10/h3-8,14H,2H2,1H3. The molecule has 1 aromatic heterocycles. The fraction of sp³-hybridized carbons (Fsp3) is 0.182. The van der Waals surface area contributed by atoms with E-state index in [-0.39, 0.29) is 4.90 Å². The lowest BCUT2D eigenvalue weighted by Crippen LogP contribution is -2.16. The summed E-state index contributed by atoms with van der Waals surface area (Å²) in [5, 5.41) is 3.96. The Morgan fingerprint density at radius 2 is 1.94 bits per heavy atom. The van der Waals surface area contributed by atoms with Gasteiger partial charge in [0.15, 0.2) is 0 Å². The van der Waals surface area contributed by atoms with Gasteiger partial charge in [-0.3, -0.25) is 4.72 Å². The van der Waals surface area contributed by atoms with Crippen molar-refractivity contribution >= 4 is 15.8 Å². The molecule has 1 aromatic carbocycles. The number of benzene rings is 1. The molecule has 18 heavy (non-hydrogen) atoms. The zero-order valence-corrected chi connectivity index (χ0v) is 10.5. The Morgan fingerprint density at radius 1 is 1.28 bits per heavy atom. The summed E-state index contributed by atoms with van der Waals surface area (Å²) in [4.78, 5) is 0.00718. The molecule has 0 saturated carbocycles. The van der Waals surface area contributed by atoms with Crippen LogP contribution in [0.2, 0.25) is 0 Å². The molecule has 2 aromatic rings. The van der Waals surface area contributed by atoms with Crippen LogP contribution < -0.4 is 4.72 Å². The summed E-state index contributed by atoms with van der Waals surface area (Å²) in [6.07, 6.45) is 1.51. The molecule has 0 unspecified atom stereocenters. The maximum Gasteiger partial charge on any atom is 0.263 e. The highest BCUT2D eigenvalue weighted by molar-refractivity contribution is 7.92. The van der Waals surface area contributed by atoms with E-state index in [1.54, 1.807) is 6.07 Å². The van der Waals surface area contributed by atoms with Gasteiger partial charge in [-0.05, 0) is 31.2 Å². The molecule has 0 atom stereocenters. The van der Waals surface area contributed by atoms with E-state index in [1.165, 1.54) is 23.0 Å². The van der Waals surface area contributed by atoms with E-state index in [0.29, 0.717) is 12.4 Å². The maximum atomic E-state index is 12.7. The van der Waals surface area contributed by atoms with Crippen molar-refractivity contribution in [3.05, 3.63) is 42.3 Å². The Balaban J connectivity index is 2.30. The lowest BCUT2D eigenvalue weighted by molar-refractivity contribution is 0.597. The Labute approximate surface area is 104 Å².